The quantitative estimate of drug-likeness (QED) is 0.568. The number of ether oxygens (including phenoxy) is 3. The van der Waals surface area contributed by atoms with Crippen molar-refractivity contribution in [2.24, 2.45) is 0 Å². The molecule has 0 aliphatic carbocycles. The Balaban J connectivity index is 2.00. The van der Waals surface area contributed by atoms with Gasteiger partial charge in [-0.3, -0.25) is 4.79 Å². The van der Waals surface area contributed by atoms with Gasteiger partial charge in [0.25, 0.3) is 5.91 Å². The number of rotatable bonds is 9. The minimum atomic E-state index is -3.10. The first-order valence-corrected chi connectivity index (χ1v) is 11.2. The smallest absolute Gasteiger partial charge is 0.338 e. The van der Waals surface area contributed by atoms with Gasteiger partial charge in [-0.15, -0.1) is 0 Å². The van der Waals surface area contributed by atoms with E-state index in [4.69, 9.17) is 14.2 Å². The molecule has 0 saturated carbocycles. The summed E-state index contributed by atoms with van der Waals surface area (Å²) in [6.07, 6.45) is 0.409. The normalized spacial score (nSPS) is 17.8. The highest BCUT2D eigenvalue weighted by Crippen LogP contribution is 2.28. The van der Waals surface area contributed by atoms with E-state index < -0.39 is 28.3 Å². The van der Waals surface area contributed by atoms with Crippen molar-refractivity contribution >= 4 is 21.7 Å². The summed E-state index contributed by atoms with van der Waals surface area (Å²) < 4.78 is 39.4. The van der Waals surface area contributed by atoms with Crippen molar-refractivity contribution in [1.29, 1.82) is 0 Å². The van der Waals surface area contributed by atoms with Gasteiger partial charge in [0, 0.05) is 12.6 Å². The largest absolute Gasteiger partial charge is 0.490 e. The second-order valence-electron chi connectivity index (χ2n) is 6.34. The van der Waals surface area contributed by atoms with Crippen LogP contribution >= 0.6 is 0 Å². The van der Waals surface area contributed by atoms with Gasteiger partial charge in [0.2, 0.25) is 0 Å². The van der Waals surface area contributed by atoms with E-state index in [9.17, 15) is 18.0 Å². The number of amides is 1. The topological polar surface area (TPSA) is 99.2 Å². The molecule has 0 bridgehead atoms. The van der Waals surface area contributed by atoms with Crippen LogP contribution in [0.4, 0.5) is 0 Å². The van der Waals surface area contributed by atoms with Crippen molar-refractivity contribution in [2.75, 3.05) is 37.9 Å². The molecule has 1 amide bonds. The van der Waals surface area contributed by atoms with Gasteiger partial charge in [0.1, 0.15) is 0 Å². The van der Waals surface area contributed by atoms with Gasteiger partial charge in [-0.25, -0.2) is 13.2 Å². The molecular weight excluding hydrogens is 386 g/mol. The first kappa shape index (κ1) is 22.0. The van der Waals surface area contributed by atoms with E-state index >= 15 is 0 Å². The third kappa shape index (κ3) is 5.60. The molecule has 156 valence electrons. The minimum absolute atomic E-state index is 0.0445. The first-order chi connectivity index (χ1) is 13.3. The van der Waals surface area contributed by atoms with E-state index in [0.29, 0.717) is 37.7 Å². The molecule has 9 heteroatoms. The third-order valence-electron chi connectivity index (χ3n) is 4.42. The van der Waals surface area contributed by atoms with Crippen molar-refractivity contribution in [3.8, 4) is 11.5 Å². The molecule has 1 atom stereocenters. The fraction of sp³-hybridized carbons (Fsp3) is 0.579. The molecule has 1 aromatic carbocycles. The van der Waals surface area contributed by atoms with Crippen LogP contribution in [0.3, 0.4) is 0 Å². The van der Waals surface area contributed by atoms with Gasteiger partial charge in [0.05, 0.1) is 30.3 Å². The molecule has 1 aliphatic heterocycles. The van der Waals surface area contributed by atoms with Crippen LogP contribution in [0.5, 0.6) is 11.5 Å². The summed E-state index contributed by atoms with van der Waals surface area (Å²) in [5.74, 6) is -0.0838. The zero-order valence-corrected chi connectivity index (χ0v) is 17.3. The summed E-state index contributed by atoms with van der Waals surface area (Å²) in [6.45, 7) is 6.22. The maximum atomic E-state index is 12.4. The van der Waals surface area contributed by atoms with E-state index in [1.807, 2.05) is 13.8 Å². The highest BCUT2D eigenvalue weighted by molar-refractivity contribution is 7.91. The monoisotopic (exact) mass is 413 g/mol. The van der Waals surface area contributed by atoms with Crippen molar-refractivity contribution < 1.29 is 32.2 Å². The van der Waals surface area contributed by atoms with Crippen molar-refractivity contribution in [3.63, 3.8) is 0 Å². The average molecular weight is 413 g/mol. The van der Waals surface area contributed by atoms with E-state index in [-0.39, 0.29) is 23.1 Å². The Kier molecular flexibility index (Phi) is 7.68. The molecule has 1 aromatic rings. The predicted molar refractivity (Wildman–Crippen MR) is 104 cm³/mol. The summed E-state index contributed by atoms with van der Waals surface area (Å²) >= 11 is 0. The van der Waals surface area contributed by atoms with E-state index in [1.165, 1.54) is 11.0 Å². The summed E-state index contributed by atoms with van der Waals surface area (Å²) in [5.41, 5.74) is 0.242. The molecule has 1 heterocycles. The summed E-state index contributed by atoms with van der Waals surface area (Å²) in [5, 5.41) is 0. The van der Waals surface area contributed by atoms with Crippen LogP contribution in [0.15, 0.2) is 18.2 Å². The SMILES string of the molecule is CCOc1ccc(C(=O)OCC(=O)N(CC)[C@@H]2CCS(=O)(=O)C2)cc1OCC. The lowest BCUT2D eigenvalue weighted by Crippen LogP contribution is -2.43. The number of carbonyl (C=O) groups excluding carboxylic acids is 2. The number of carbonyl (C=O) groups is 2. The molecule has 0 N–H and O–H groups in total. The van der Waals surface area contributed by atoms with Gasteiger partial charge in [-0.1, -0.05) is 0 Å². The standard InChI is InChI=1S/C19H27NO7S/c1-4-20(15-9-10-28(23,24)13-15)18(21)12-27-19(22)14-7-8-16(25-5-2)17(11-14)26-6-3/h7-8,11,15H,4-6,9-10,12-13H2,1-3H3/t15-/m1/s1. The Bertz CT molecular complexity index is 807. The summed E-state index contributed by atoms with van der Waals surface area (Å²) in [4.78, 5) is 26.2. The van der Waals surface area contributed by atoms with E-state index in [0.717, 1.165) is 0 Å². The number of benzene rings is 1. The number of hydrogen-bond acceptors (Lipinski definition) is 7. The molecule has 2 rings (SSSR count). The van der Waals surface area contributed by atoms with Crippen LogP contribution in [0.1, 0.15) is 37.6 Å². The Morgan fingerprint density at radius 3 is 2.36 bits per heavy atom. The van der Waals surface area contributed by atoms with Gasteiger partial charge >= 0.3 is 5.97 Å². The zero-order valence-electron chi connectivity index (χ0n) is 16.5. The van der Waals surface area contributed by atoms with Crippen LogP contribution in [-0.2, 0) is 19.4 Å². The second-order valence-corrected chi connectivity index (χ2v) is 8.57. The van der Waals surface area contributed by atoms with Crippen LogP contribution in [0.2, 0.25) is 0 Å². The maximum Gasteiger partial charge on any atom is 0.338 e. The molecular formula is C19H27NO7S. The third-order valence-corrected chi connectivity index (χ3v) is 6.17. The number of likely N-dealkylation sites (N-methyl/N-ethyl adjacent to an activating group) is 1. The lowest BCUT2D eigenvalue weighted by atomic mass is 10.2. The van der Waals surface area contributed by atoms with Crippen molar-refractivity contribution in [1.82, 2.24) is 4.90 Å². The number of nitrogens with zero attached hydrogens (tertiary/aromatic N) is 1. The molecule has 0 spiro atoms. The van der Waals surface area contributed by atoms with Crippen LogP contribution in [-0.4, -0.2) is 69.1 Å². The minimum Gasteiger partial charge on any atom is -0.490 e. The molecule has 0 aromatic heterocycles. The Morgan fingerprint density at radius 1 is 1.11 bits per heavy atom. The van der Waals surface area contributed by atoms with Gasteiger partial charge in [-0.2, -0.15) is 0 Å². The molecule has 1 fully saturated rings. The predicted octanol–water partition coefficient (Wildman–Crippen LogP) is 1.68. The molecule has 8 nitrogen and oxygen atoms in total. The highest BCUT2D eigenvalue weighted by atomic mass is 32.2. The van der Waals surface area contributed by atoms with Gasteiger partial charge in [0.15, 0.2) is 27.9 Å². The zero-order chi connectivity index (χ0) is 20.7. The lowest BCUT2D eigenvalue weighted by Gasteiger charge is -2.26. The Labute approximate surface area is 165 Å². The van der Waals surface area contributed by atoms with Crippen LogP contribution < -0.4 is 9.47 Å². The first-order valence-electron chi connectivity index (χ1n) is 9.37. The Morgan fingerprint density at radius 2 is 1.79 bits per heavy atom. The van der Waals surface area contributed by atoms with Crippen LogP contribution in [0.25, 0.3) is 0 Å². The van der Waals surface area contributed by atoms with E-state index in [2.05, 4.69) is 0 Å². The van der Waals surface area contributed by atoms with E-state index in [1.54, 1.807) is 19.1 Å². The van der Waals surface area contributed by atoms with Crippen molar-refractivity contribution in [3.05, 3.63) is 23.8 Å². The maximum absolute atomic E-state index is 12.4. The fourth-order valence-corrected chi connectivity index (χ4v) is 4.86. The van der Waals surface area contributed by atoms with Crippen LogP contribution in [0, 0.1) is 0 Å². The highest BCUT2D eigenvalue weighted by Gasteiger charge is 2.34. The lowest BCUT2D eigenvalue weighted by molar-refractivity contribution is -0.136. The van der Waals surface area contributed by atoms with Gasteiger partial charge < -0.3 is 19.1 Å². The number of hydrogen-bond donors (Lipinski definition) is 0. The second kappa shape index (κ2) is 9.77. The Hall–Kier alpha value is -2.29. The summed E-state index contributed by atoms with van der Waals surface area (Å²) in [6, 6.07) is 4.31. The molecule has 28 heavy (non-hydrogen) atoms. The number of sulfone groups is 1. The molecule has 1 aliphatic rings. The molecule has 0 radical (unpaired) electrons. The summed E-state index contributed by atoms with van der Waals surface area (Å²) in [7, 11) is -3.10. The molecule has 1 saturated heterocycles. The fourth-order valence-electron chi connectivity index (χ4n) is 3.13. The number of esters is 1. The van der Waals surface area contributed by atoms with Gasteiger partial charge in [-0.05, 0) is 45.4 Å². The molecule has 0 unspecified atom stereocenters. The van der Waals surface area contributed by atoms with Crippen molar-refractivity contribution in [2.45, 2.75) is 33.2 Å². The average Bonchev–Trinajstić information content (AvgIpc) is 3.01.